The van der Waals surface area contributed by atoms with Crippen LogP contribution in [0.5, 0.6) is 0 Å². The van der Waals surface area contributed by atoms with E-state index in [-0.39, 0.29) is 12.4 Å². The summed E-state index contributed by atoms with van der Waals surface area (Å²) >= 11 is 0. The Kier molecular flexibility index (Phi) is 4.44. The van der Waals surface area contributed by atoms with Crippen molar-refractivity contribution in [1.82, 2.24) is 10.2 Å². The van der Waals surface area contributed by atoms with Crippen LogP contribution < -0.4 is 4.90 Å². The molecule has 1 rings (SSSR count). The fourth-order valence-electron chi connectivity index (χ4n) is 1.41. The fourth-order valence-corrected chi connectivity index (χ4v) is 1.41. The van der Waals surface area contributed by atoms with E-state index >= 15 is 0 Å². The minimum Gasteiger partial charge on any atom is -0.468 e. The first-order valence-corrected chi connectivity index (χ1v) is 5.09. The summed E-state index contributed by atoms with van der Waals surface area (Å²) in [6.07, 6.45) is 2.08. The molecule has 0 saturated heterocycles. The monoisotopic (exact) mass is 242 g/mol. The summed E-state index contributed by atoms with van der Waals surface area (Å²) in [4.78, 5) is 22.9. The molecular formula is C9H14N4O4. The number of nitro groups is 1. The van der Waals surface area contributed by atoms with Crippen molar-refractivity contribution < 1.29 is 14.5 Å². The number of methoxy groups -OCH3 is 1. The number of anilines is 1. The van der Waals surface area contributed by atoms with Crippen LogP contribution in [0.1, 0.15) is 13.3 Å². The van der Waals surface area contributed by atoms with Crippen LogP contribution >= 0.6 is 0 Å². The number of nitrogens with one attached hydrogen (secondary N) is 1. The van der Waals surface area contributed by atoms with Gasteiger partial charge in [-0.15, -0.1) is 5.10 Å². The first-order chi connectivity index (χ1) is 8.10. The molecule has 0 aromatic carbocycles. The van der Waals surface area contributed by atoms with E-state index in [1.54, 1.807) is 4.90 Å². The average Bonchev–Trinajstić information content (AvgIpc) is 2.77. The van der Waals surface area contributed by atoms with Crippen LogP contribution in [0.3, 0.4) is 0 Å². The Balaban J connectivity index is 2.92. The Morgan fingerprint density at radius 2 is 2.41 bits per heavy atom. The molecule has 0 aliphatic heterocycles. The van der Waals surface area contributed by atoms with E-state index in [1.807, 2.05) is 6.92 Å². The zero-order valence-corrected chi connectivity index (χ0v) is 9.67. The Hall–Kier alpha value is -2.12. The van der Waals surface area contributed by atoms with Crippen LogP contribution in [-0.2, 0) is 9.53 Å². The lowest BCUT2D eigenvalue weighted by atomic mass is 10.3. The van der Waals surface area contributed by atoms with E-state index in [0.29, 0.717) is 12.2 Å². The average molecular weight is 242 g/mol. The molecule has 0 saturated carbocycles. The number of rotatable bonds is 6. The molecule has 0 unspecified atom stereocenters. The minimum absolute atomic E-state index is 0.0370. The predicted octanol–water partition coefficient (Wildman–Crippen LogP) is 0.707. The van der Waals surface area contributed by atoms with Crippen LogP contribution in [0.4, 0.5) is 11.5 Å². The normalized spacial score (nSPS) is 10.0. The summed E-state index contributed by atoms with van der Waals surface area (Å²) in [5.41, 5.74) is 0.294. The lowest BCUT2D eigenvalue weighted by Gasteiger charge is -2.20. The number of ether oxygens (including phenoxy) is 1. The molecule has 0 bridgehead atoms. The summed E-state index contributed by atoms with van der Waals surface area (Å²) in [5, 5.41) is 16.7. The summed E-state index contributed by atoms with van der Waals surface area (Å²) < 4.78 is 4.54. The molecular weight excluding hydrogens is 228 g/mol. The Morgan fingerprint density at radius 1 is 1.71 bits per heavy atom. The number of aromatic amines is 1. The number of H-pyrrole nitrogens is 1. The van der Waals surface area contributed by atoms with Gasteiger partial charge in [-0.05, 0) is 11.3 Å². The molecule has 0 fully saturated rings. The van der Waals surface area contributed by atoms with Crippen molar-refractivity contribution in [1.29, 1.82) is 0 Å². The molecule has 17 heavy (non-hydrogen) atoms. The largest absolute Gasteiger partial charge is 0.468 e. The van der Waals surface area contributed by atoms with E-state index in [1.165, 1.54) is 13.3 Å². The highest BCUT2D eigenvalue weighted by Gasteiger charge is 2.22. The quantitative estimate of drug-likeness (QED) is 0.447. The summed E-state index contributed by atoms with van der Waals surface area (Å²) in [5.74, 6) is -0.670. The van der Waals surface area contributed by atoms with Crippen molar-refractivity contribution in [2.75, 3.05) is 25.1 Å². The third-order valence-corrected chi connectivity index (χ3v) is 2.16. The highest BCUT2D eigenvalue weighted by atomic mass is 16.6. The number of carbonyl (C=O) groups is 1. The van der Waals surface area contributed by atoms with Gasteiger partial charge in [0.05, 0.1) is 7.11 Å². The van der Waals surface area contributed by atoms with E-state index < -0.39 is 10.9 Å². The topological polar surface area (TPSA) is 101 Å². The van der Waals surface area contributed by atoms with Crippen molar-refractivity contribution in [3.05, 3.63) is 16.3 Å². The fraction of sp³-hybridized carbons (Fsp3) is 0.556. The Bertz CT molecular complexity index is 403. The standard InChI is InChI=1S/C9H14N4O4/c1-3-4-12(6-8(14)17-2)7-5-10-11-9(7)13(15)16/h5H,3-4,6H2,1-2H3,(H,10,11). The van der Waals surface area contributed by atoms with Crippen LogP contribution in [0.25, 0.3) is 0 Å². The third-order valence-electron chi connectivity index (χ3n) is 2.16. The third kappa shape index (κ3) is 3.16. The molecule has 0 aliphatic rings. The Morgan fingerprint density at radius 3 is 2.94 bits per heavy atom. The zero-order chi connectivity index (χ0) is 12.8. The van der Waals surface area contributed by atoms with Gasteiger partial charge in [0.25, 0.3) is 0 Å². The van der Waals surface area contributed by atoms with Crippen molar-refractivity contribution in [2.24, 2.45) is 0 Å². The summed E-state index contributed by atoms with van der Waals surface area (Å²) in [6.45, 7) is 2.39. The molecule has 94 valence electrons. The van der Waals surface area contributed by atoms with Gasteiger partial charge in [-0.2, -0.15) is 0 Å². The highest BCUT2D eigenvalue weighted by Crippen LogP contribution is 2.24. The van der Waals surface area contributed by atoms with Crippen molar-refractivity contribution in [2.45, 2.75) is 13.3 Å². The second-order valence-corrected chi connectivity index (χ2v) is 3.36. The molecule has 0 radical (unpaired) electrons. The first kappa shape index (κ1) is 12.9. The van der Waals surface area contributed by atoms with Crippen LogP contribution in [0.15, 0.2) is 6.20 Å². The SMILES string of the molecule is CCCN(CC(=O)OC)c1cn[nH]c1[N+](=O)[O-]. The van der Waals surface area contributed by atoms with E-state index in [2.05, 4.69) is 14.9 Å². The first-order valence-electron chi connectivity index (χ1n) is 5.09. The van der Waals surface area contributed by atoms with Crippen LogP contribution in [0.2, 0.25) is 0 Å². The van der Waals surface area contributed by atoms with Gasteiger partial charge in [-0.3, -0.25) is 4.79 Å². The lowest BCUT2D eigenvalue weighted by Crippen LogP contribution is -2.31. The molecule has 1 N–H and O–H groups in total. The van der Waals surface area contributed by atoms with E-state index in [0.717, 1.165) is 6.42 Å². The minimum atomic E-state index is -0.567. The molecule has 0 spiro atoms. The number of nitrogens with zero attached hydrogens (tertiary/aromatic N) is 3. The van der Waals surface area contributed by atoms with Crippen molar-refractivity contribution in [3.8, 4) is 0 Å². The van der Waals surface area contributed by atoms with E-state index in [9.17, 15) is 14.9 Å². The second-order valence-electron chi connectivity index (χ2n) is 3.36. The number of hydrogen-bond donors (Lipinski definition) is 1. The van der Waals surface area contributed by atoms with Crippen molar-refractivity contribution >= 4 is 17.5 Å². The maximum Gasteiger partial charge on any atom is 0.366 e. The number of carbonyl (C=O) groups excluding carboxylic acids is 1. The van der Waals surface area contributed by atoms with Gasteiger partial charge < -0.3 is 19.8 Å². The molecule has 0 atom stereocenters. The zero-order valence-electron chi connectivity index (χ0n) is 9.67. The van der Waals surface area contributed by atoms with Gasteiger partial charge in [0.1, 0.15) is 12.7 Å². The summed E-state index contributed by atoms with van der Waals surface area (Å²) in [6, 6.07) is 0. The molecule has 1 heterocycles. The Labute approximate surface area is 97.7 Å². The van der Waals surface area contributed by atoms with Crippen LogP contribution in [0, 0.1) is 10.1 Å². The van der Waals surface area contributed by atoms with Gasteiger partial charge in [0.2, 0.25) is 0 Å². The number of hydrogen-bond acceptors (Lipinski definition) is 6. The van der Waals surface area contributed by atoms with Gasteiger partial charge in [-0.1, -0.05) is 12.0 Å². The van der Waals surface area contributed by atoms with Crippen LogP contribution in [-0.4, -0.2) is 41.3 Å². The molecule has 0 aliphatic carbocycles. The smallest absolute Gasteiger partial charge is 0.366 e. The molecule has 8 nitrogen and oxygen atoms in total. The molecule has 1 aromatic heterocycles. The maximum atomic E-state index is 11.2. The van der Waals surface area contributed by atoms with Crippen molar-refractivity contribution in [3.63, 3.8) is 0 Å². The predicted molar refractivity (Wildman–Crippen MR) is 59.8 cm³/mol. The van der Waals surface area contributed by atoms with Gasteiger partial charge in [-0.25, -0.2) is 0 Å². The molecule has 0 amide bonds. The molecule has 1 aromatic rings. The van der Waals surface area contributed by atoms with Gasteiger partial charge in [0.15, 0.2) is 5.69 Å². The van der Waals surface area contributed by atoms with Gasteiger partial charge >= 0.3 is 11.8 Å². The summed E-state index contributed by atoms with van der Waals surface area (Å²) in [7, 11) is 1.27. The number of esters is 1. The highest BCUT2D eigenvalue weighted by molar-refractivity contribution is 5.76. The maximum absolute atomic E-state index is 11.2. The van der Waals surface area contributed by atoms with E-state index in [4.69, 9.17) is 0 Å². The molecule has 8 heteroatoms. The second kappa shape index (κ2) is 5.83. The number of aromatic nitrogens is 2. The van der Waals surface area contributed by atoms with Gasteiger partial charge in [0, 0.05) is 6.54 Å². The lowest BCUT2D eigenvalue weighted by molar-refractivity contribution is -0.388.